The van der Waals surface area contributed by atoms with Crippen LogP contribution in [-0.4, -0.2) is 9.38 Å². The summed E-state index contributed by atoms with van der Waals surface area (Å²) in [6, 6.07) is 26.8. The number of benzene rings is 4. The van der Waals surface area contributed by atoms with Crippen LogP contribution in [0.1, 0.15) is 26.3 Å². The predicted molar refractivity (Wildman–Crippen MR) is 137 cm³/mol. The molecule has 32 heavy (non-hydrogen) atoms. The Hall–Kier alpha value is -3.65. The Balaban J connectivity index is 1.84. The van der Waals surface area contributed by atoms with E-state index in [-0.39, 0.29) is 5.41 Å². The monoisotopic (exact) mass is 412 g/mol. The van der Waals surface area contributed by atoms with Crippen LogP contribution in [-0.2, 0) is 6.42 Å². The van der Waals surface area contributed by atoms with Gasteiger partial charge in [-0.3, -0.25) is 4.98 Å². The second-order valence-corrected chi connectivity index (χ2v) is 10.3. The van der Waals surface area contributed by atoms with Crippen molar-refractivity contribution in [2.75, 3.05) is 0 Å². The number of nitrogens with zero attached hydrogens (tertiary/aromatic N) is 2. The molecule has 0 spiro atoms. The Labute approximate surface area is 186 Å². The molecule has 154 valence electrons. The van der Waals surface area contributed by atoms with Gasteiger partial charge in [0.25, 0.3) is 0 Å². The van der Waals surface area contributed by atoms with Crippen molar-refractivity contribution in [1.29, 1.82) is 0 Å². The first-order chi connectivity index (χ1) is 15.5. The summed E-state index contributed by atoms with van der Waals surface area (Å²) in [5.74, 6) is 0. The van der Waals surface area contributed by atoms with Gasteiger partial charge >= 0.3 is 0 Å². The second kappa shape index (κ2) is 5.98. The average Bonchev–Trinajstić information content (AvgIpc) is 3.13. The molecule has 7 rings (SSSR count). The van der Waals surface area contributed by atoms with Crippen LogP contribution < -0.4 is 0 Å². The largest absolute Gasteiger partial charge is 0.308 e. The van der Waals surface area contributed by atoms with E-state index in [4.69, 9.17) is 4.98 Å². The molecular formula is C30H24N2. The van der Waals surface area contributed by atoms with Gasteiger partial charge in [-0.15, -0.1) is 0 Å². The zero-order chi connectivity index (χ0) is 21.6. The zero-order valence-corrected chi connectivity index (χ0v) is 18.6. The quantitative estimate of drug-likeness (QED) is 0.196. The van der Waals surface area contributed by atoms with Gasteiger partial charge in [0, 0.05) is 27.7 Å². The van der Waals surface area contributed by atoms with Crippen LogP contribution in [0, 0.1) is 5.41 Å². The third-order valence-electron chi connectivity index (χ3n) is 6.83. The summed E-state index contributed by atoms with van der Waals surface area (Å²) in [6.07, 6.45) is 3.01. The van der Waals surface area contributed by atoms with Gasteiger partial charge in [0.05, 0.1) is 22.1 Å². The molecule has 4 aromatic carbocycles. The highest BCUT2D eigenvalue weighted by molar-refractivity contribution is 6.29. The van der Waals surface area contributed by atoms with Crippen LogP contribution in [0.5, 0.6) is 0 Å². The van der Waals surface area contributed by atoms with Crippen LogP contribution in [0.25, 0.3) is 59.8 Å². The van der Waals surface area contributed by atoms with Gasteiger partial charge < -0.3 is 4.40 Å². The van der Waals surface area contributed by atoms with Crippen molar-refractivity contribution in [3.8, 4) is 0 Å². The van der Waals surface area contributed by atoms with E-state index < -0.39 is 0 Å². The van der Waals surface area contributed by atoms with Crippen LogP contribution in [0.3, 0.4) is 0 Å². The van der Waals surface area contributed by atoms with Crippen molar-refractivity contribution < 1.29 is 0 Å². The maximum atomic E-state index is 4.93. The Kier molecular flexibility index (Phi) is 3.36. The topological polar surface area (TPSA) is 17.3 Å². The van der Waals surface area contributed by atoms with Crippen LogP contribution >= 0.6 is 0 Å². The Morgan fingerprint density at radius 1 is 0.719 bits per heavy atom. The first-order valence-corrected chi connectivity index (χ1v) is 11.4. The summed E-state index contributed by atoms with van der Waals surface area (Å²) in [5, 5.41) is 9.01. The van der Waals surface area contributed by atoms with Gasteiger partial charge in [0.1, 0.15) is 0 Å². The van der Waals surface area contributed by atoms with E-state index in [1.807, 2.05) is 6.20 Å². The summed E-state index contributed by atoms with van der Waals surface area (Å²) in [5.41, 5.74) is 6.56. The molecule has 0 saturated heterocycles. The smallest absolute Gasteiger partial charge is 0.0822 e. The number of para-hydroxylation sites is 1. The number of aromatic nitrogens is 2. The molecule has 7 aromatic rings. The third-order valence-corrected chi connectivity index (χ3v) is 6.83. The highest BCUT2D eigenvalue weighted by Crippen LogP contribution is 2.44. The molecule has 3 aromatic heterocycles. The van der Waals surface area contributed by atoms with E-state index in [1.54, 1.807) is 0 Å². The average molecular weight is 413 g/mol. The maximum Gasteiger partial charge on any atom is 0.0822 e. The molecule has 0 saturated carbocycles. The molecule has 0 radical (unpaired) electrons. The molecule has 0 unspecified atom stereocenters. The fraction of sp³-hybridized carbons (Fsp3) is 0.167. The fourth-order valence-corrected chi connectivity index (χ4v) is 5.68. The van der Waals surface area contributed by atoms with Crippen LogP contribution in [0.15, 0.2) is 79.0 Å². The minimum Gasteiger partial charge on any atom is -0.308 e. The van der Waals surface area contributed by atoms with Crippen molar-refractivity contribution in [2.45, 2.75) is 27.2 Å². The van der Waals surface area contributed by atoms with Crippen LogP contribution in [0.4, 0.5) is 0 Å². The lowest BCUT2D eigenvalue weighted by molar-refractivity contribution is 0.413. The van der Waals surface area contributed by atoms with E-state index in [1.165, 1.54) is 59.8 Å². The summed E-state index contributed by atoms with van der Waals surface area (Å²) in [6.45, 7) is 6.98. The lowest BCUT2D eigenvalue weighted by Crippen LogP contribution is -2.09. The molecule has 3 heterocycles. The molecular weight excluding hydrogens is 388 g/mol. The van der Waals surface area contributed by atoms with Crippen LogP contribution in [0.2, 0.25) is 0 Å². The first kappa shape index (κ1) is 18.0. The molecule has 0 fully saturated rings. The Morgan fingerprint density at radius 2 is 1.47 bits per heavy atom. The van der Waals surface area contributed by atoms with Gasteiger partial charge in [0.2, 0.25) is 0 Å². The molecule has 0 N–H and O–H groups in total. The van der Waals surface area contributed by atoms with E-state index in [2.05, 4.69) is 98.0 Å². The standard InChI is InChI=1S/C30H24N2/c1-30(2,3)17-21-14-20-12-13-31-28-23-15-18-8-4-5-9-19(18)16-25(23)32-24-11-7-6-10-22(24)26(21)29(32)27(20)28/h4-16H,17H2,1-3H3. The molecule has 2 heteroatoms. The number of hydrogen-bond donors (Lipinski definition) is 0. The van der Waals surface area contributed by atoms with Gasteiger partial charge in [-0.05, 0) is 57.8 Å². The molecule has 0 atom stereocenters. The van der Waals surface area contributed by atoms with E-state index in [0.717, 1.165) is 11.9 Å². The highest BCUT2D eigenvalue weighted by atomic mass is 14.9. The normalized spacial score (nSPS) is 13.0. The number of fused-ring (bicyclic) bond motifs is 7. The lowest BCUT2D eigenvalue weighted by Gasteiger charge is -2.20. The summed E-state index contributed by atoms with van der Waals surface area (Å²) < 4.78 is 2.50. The van der Waals surface area contributed by atoms with Crippen molar-refractivity contribution >= 4 is 59.8 Å². The second-order valence-electron chi connectivity index (χ2n) is 10.3. The number of hydrogen-bond acceptors (Lipinski definition) is 1. The van der Waals surface area contributed by atoms with Gasteiger partial charge in [-0.2, -0.15) is 0 Å². The molecule has 0 aliphatic rings. The van der Waals surface area contributed by atoms with E-state index in [0.29, 0.717) is 0 Å². The van der Waals surface area contributed by atoms with Crippen molar-refractivity contribution in [1.82, 2.24) is 9.38 Å². The first-order valence-electron chi connectivity index (χ1n) is 11.4. The summed E-state index contributed by atoms with van der Waals surface area (Å²) in [4.78, 5) is 4.93. The number of rotatable bonds is 1. The summed E-state index contributed by atoms with van der Waals surface area (Å²) >= 11 is 0. The van der Waals surface area contributed by atoms with Crippen molar-refractivity contribution in [3.05, 3.63) is 84.6 Å². The molecule has 0 bridgehead atoms. The van der Waals surface area contributed by atoms with E-state index >= 15 is 0 Å². The molecule has 0 amide bonds. The maximum absolute atomic E-state index is 4.93. The van der Waals surface area contributed by atoms with Gasteiger partial charge in [0.15, 0.2) is 0 Å². The van der Waals surface area contributed by atoms with Crippen molar-refractivity contribution in [2.24, 2.45) is 5.41 Å². The van der Waals surface area contributed by atoms with Crippen molar-refractivity contribution in [3.63, 3.8) is 0 Å². The predicted octanol–water partition coefficient (Wildman–Crippen LogP) is 8.13. The molecule has 0 aliphatic heterocycles. The van der Waals surface area contributed by atoms with Gasteiger partial charge in [-0.25, -0.2) is 0 Å². The fourth-order valence-electron chi connectivity index (χ4n) is 5.68. The highest BCUT2D eigenvalue weighted by Gasteiger charge is 2.23. The molecule has 2 nitrogen and oxygen atoms in total. The van der Waals surface area contributed by atoms with E-state index in [9.17, 15) is 0 Å². The minimum absolute atomic E-state index is 0.206. The zero-order valence-electron chi connectivity index (χ0n) is 18.6. The molecule has 0 aliphatic carbocycles. The lowest BCUT2D eigenvalue weighted by atomic mass is 9.85. The van der Waals surface area contributed by atoms with Gasteiger partial charge in [-0.1, -0.05) is 69.3 Å². The Morgan fingerprint density at radius 3 is 2.28 bits per heavy atom. The Bertz CT molecular complexity index is 1830. The summed E-state index contributed by atoms with van der Waals surface area (Å²) in [7, 11) is 0. The SMILES string of the molecule is CC(C)(C)Cc1cc2ccnc3c4cc5ccccc5cc4n4c5ccccc5c1c4c23. The third kappa shape index (κ3) is 2.32. The number of pyridine rings is 2. The minimum atomic E-state index is 0.206.